The van der Waals surface area contributed by atoms with Crippen LogP contribution >= 0.6 is 0 Å². The fourth-order valence-corrected chi connectivity index (χ4v) is 3.77. The summed E-state index contributed by atoms with van der Waals surface area (Å²) in [4.78, 5) is 48.3. The number of carbonyl (C=O) groups excluding carboxylic acids is 2. The van der Waals surface area contributed by atoms with Gasteiger partial charge in [0.15, 0.2) is 41.6 Å². The van der Waals surface area contributed by atoms with Gasteiger partial charge in [-0.1, -0.05) is 39.5 Å². The summed E-state index contributed by atoms with van der Waals surface area (Å²) in [5, 5.41) is 12.2. The van der Waals surface area contributed by atoms with Crippen LogP contribution in [0.15, 0.2) is 12.7 Å². The predicted octanol–water partition coefficient (Wildman–Crippen LogP) is 3.16. The molecule has 11 nitrogen and oxygen atoms in total. The highest BCUT2D eigenvalue weighted by atomic mass is 19.1. The lowest BCUT2D eigenvalue weighted by molar-refractivity contribution is -0.164. The van der Waals surface area contributed by atoms with E-state index in [0.717, 1.165) is 32.1 Å². The van der Waals surface area contributed by atoms with Gasteiger partial charge in [0.05, 0.1) is 6.33 Å². The molecule has 2 N–H and O–H groups in total. The number of aromatic nitrogens is 4. The molecule has 1 fully saturated rings. The van der Waals surface area contributed by atoms with E-state index in [4.69, 9.17) is 9.47 Å². The monoisotopic (exact) mass is 479 g/mol. The molecule has 2 aromatic heterocycles. The average molecular weight is 480 g/mol. The molecule has 2 aromatic rings. The number of esters is 1. The molecule has 34 heavy (non-hydrogen) atoms. The summed E-state index contributed by atoms with van der Waals surface area (Å²) in [6, 6.07) is 0. The van der Waals surface area contributed by atoms with Gasteiger partial charge in [0.25, 0.3) is 0 Å². The zero-order valence-electron chi connectivity index (χ0n) is 19.3. The van der Waals surface area contributed by atoms with E-state index in [-0.39, 0.29) is 29.3 Å². The van der Waals surface area contributed by atoms with Crippen molar-refractivity contribution in [3.63, 3.8) is 0 Å². The van der Waals surface area contributed by atoms with E-state index in [1.54, 1.807) is 0 Å². The zero-order chi connectivity index (χ0) is 24.7. The summed E-state index contributed by atoms with van der Waals surface area (Å²) in [5.41, 5.74) is 0.347. The number of fused-ring (bicyclic) bond motifs is 1. The SMILES string of the molecule is CCCCCC(=O)Nc1ncnc2c1ncn2[C@@H]1O[C@H](C(=O)O)[C@@H](OC(=O)CCCCC)[C@@H]1F. The van der Waals surface area contributed by atoms with E-state index in [2.05, 4.69) is 20.3 Å². The molecular weight excluding hydrogens is 449 g/mol. The zero-order valence-corrected chi connectivity index (χ0v) is 19.3. The van der Waals surface area contributed by atoms with E-state index >= 15 is 4.39 Å². The van der Waals surface area contributed by atoms with Crippen LogP contribution in [0.25, 0.3) is 11.2 Å². The first-order chi connectivity index (χ1) is 16.4. The number of nitrogens with zero attached hydrogens (tertiary/aromatic N) is 4. The first-order valence-electron chi connectivity index (χ1n) is 11.6. The lowest BCUT2D eigenvalue weighted by atomic mass is 10.1. The van der Waals surface area contributed by atoms with Gasteiger partial charge in [-0.25, -0.2) is 24.1 Å². The van der Waals surface area contributed by atoms with Crippen LogP contribution in [0.5, 0.6) is 0 Å². The number of ether oxygens (including phenoxy) is 2. The first kappa shape index (κ1) is 25.5. The number of rotatable bonds is 12. The third kappa shape index (κ3) is 5.85. The number of alkyl halides is 1. The number of nitrogens with one attached hydrogen (secondary N) is 1. The van der Waals surface area contributed by atoms with Crippen molar-refractivity contribution in [1.82, 2.24) is 19.5 Å². The van der Waals surface area contributed by atoms with Crippen molar-refractivity contribution < 1.29 is 33.4 Å². The van der Waals surface area contributed by atoms with Crippen LogP contribution in [0.3, 0.4) is 0 Å². The molecule has 1 amide bonds. The van der Waals surface area contributed by atoms with Gasteiger partial charge in [-0.15, -0.1) is 0 Å². The van der Waals surface area contributed by atoms with Crippen LogP contribution < -0.4 is 5.32 Å². The van der Waals surface area contributed by atoms with Crippen LogP contribution in [0.2, 0.25) is 0 Å². The van der Waals surface area contributed by atoms with Crippen LogP contribution in [0, 0.1) is 0 Å². The van der Waals surface area contributed by atoms with Gasteiger partial charge in [-0.3, -0.25) is 14.2 Å². The molecule has 1 saturated heterocycles. The van der Waals surface area contributed by atoms with Gasteiger partial charge in [0.1, 0.15) is 6.33 Å². The van der Waals surface area contributed by atoms with Crippen LogP contribution in [-0.4, -0.2) is 60.9 Å². The Kier molecular flexibility index (Phi) is 8.85. The van der Waals surface area contributed by atoms with Gasteiger partial charge in [-0.05, 0) is 12.8 Å². The normalized spacial score (nSPS) is 22.1. The predicted molar refractivity (Wildman–Crippen MR) is 119 cm³/mol. The lowest BCUT2D eigenvalue weighted by Crippen LogP contribution is -2.38. The van der Waals surface area contributed by atoms with Crippen molar-refractivity contribution in [2.75, 3.05) is 5.32 Å². The molecule has 1 aliphatic rings. The number of hydrogen-bond acceptors (Lipinski definition) is 8. The summed E-state index contributed by atoms with van der Waals surface area (Å²) in [6.07, 6.45) is 0.982. The first-order valence-corrected chi connectivity index (χ1v) is 11.6. The van der Waals surface area contributed by atoms with Crippen molar-refractivity contribution in [3.8, 4) is 0 Å². The molecule has 0 bridgehead atoms. The second-order valence-corrected chi connectivity index (χ2v) is 8.19. The molecule has 1 aliphatic heterocycles. The molecule has 0 aliphatic carbocycles. The Bertz CT molecular complexity index is 1010. The molecule has 4 atom stereocenters. The lowest BCUT2D eigenvalue weighted by Gasteiger charge is -2.17. The standard InChI is InChI=1S/C22H30FN5O6/c1-3-5-7-9-13(29)27-19-16-20(25-11-24-19)28(12-26-16)21-15(23)17(18(34-21)22(31)32)33-14(30)10-8-6-4-2/h11-12,15,17-18,21H,3-10H2,1-2H3,(H,31,32)(H,24,25,27,29)/t15-,17-,18-,21+/m0/s1. The fourth-order valence-electron chi connectivity index (χ4n) is 3.77. The number of amides is 1. The van der Waals surface area contributed by atoms with Crippen molar-refractivity contribution >= 4 is 34.8 Å². The molecule has 0 aromatic carbocycles. The topological polar surface area (TPSA) is 146 Å². The van der Waals surface area contributed by atoms with E-state index < -0.39 is 36.5 Å². The largest absolute Gasteiger partial charge is 0.479 e. The number of carbonyl (C=O) groups is 3. The van der Waals surface area contributed by atoms with Gasteiger partial charge >= 0.3 is 11.9 Å². The number of anilines is 1. The minimum Gasteiger partial charge on any atom is -0.479 e. The summed E-state index contributed by atoms with van der Waals surface area (Å²) in [6.45, 7) is 4.01. The van der Waals surface area contributed by atoms with Gasteiger partial charge in [0.2, 0.25) is 5.91 Å². The Labute approximate surface area is 196 Å². The number of imidazole rings is 1. The Morgan fingerprint density at radius 1 is 1.12 bits per heavy atom. The fraction of sp³-hybridized carbons (Fsp3) is 0.636. The molecule has 3 rings (SSSR count). The van der Waals surface area contributed by atoms with Gasteiger partial charge in [0, 0.05) is 12.8 Å². The molecule has 0 unspecified atom stereocenters. The second kappa shape index (κ2) is 11.8. The van der Waals surface area contributed by atoms with Crippen molar-refractivity contribution in [2.24, 2.45) is 0 Å². The Morgan fingerprint density at radius 3 is 2.50 bits per heavy atom. The highest BCUT2D eigenvalue weighted by Gasteiger charge is 2.52. The number of aliphatic carboxylic acids is 1. The van der Waals surface area contributed by atoms with E-state index in [1.807, 2.05) is 13.8 Å². The number of unbranched alkanes of at least 4 members (excludes halogenated alkanes) is 4. The smallest absolute Gasteiger partial charge is 0.336 e. The van der Waals surface area contributed by atoms with Crippen LogP contribution in [0.1, 0.15) is 71.4 Å². The third-order valence-corrected chi connectivity index (χ3v) is 5.56. The quantitative estimate of drug-likeness (QED) is 0.346. The van der Waals surface area contributed by atoms with E-state index in [0.29, 0.717) is 12.8 Å². The Hall–Kier alpha value is -3.15. The highest BCUT2D eigenvalue weighted by molar-refractivity contribution is 5.96. The molecule has 0 saturated carbocycles. The van der Waals surface area contributed by atoms with E-state index in [9.17, 15) is 19.5 Å². The minimum atomic E-state index is -1.98. The molecule has 12 heteroatoms. The Morgan fingerprint density at radius 2 is 1.82 bits per heavy atom. The van der Waals surface area contributed by atoms with Gasteiger partial charge in [-0.2, -0.15) is 0 Å². The summed E-state index contributed by atoms with van der Waals surface area (Å²) in [5.74, 6) is -2.20. The molecule has 186 valence electrons. The summed E-state index contributed by atoms with van der Waals surface area (Å²) < 4.78 is 27.2. The van der Waals surface area contributed by atoms with Crippen molar-refractivity contribution in [1.29, 1.82) is 0 Å². The maximum absolute atomic E-state index is 15.4. The minimum absolute atomic E-state index is 0.0661. The number of hydrogen-bond donors (Lipinski definition) is 2. The maximum Gasteiger partial charge on any atom is 0.336 e. The van der Waals surface area contributed by atoms with Crippen molar-refractivity contribution in [3.05, 3.63) is 12.7 Å². The highest BCUT2D eigenvalue weighted by Crippen LogP contribution is 2.36. The van der Waals surface area contributed by atoms with Crippen LogP contribution in [-0.2, 0) is 23.9 Å². The molecule has 0 radical (unpaired) electrons. The van der Waals surface area contributed by atoms with Crippen molar-refractivity contribution in [2.45, 2.75) is 89.8 Å². The summed E-state index contributed by atoms with van der Waals surface area (Å²) in [7, 11) is 0. The number of carboxylic acid groups (broad SMARTS) is 1. The Balaban J connectivity index is 1.78. The van der Waals surface area contributed by atoms with Gasteiger partial charge < -0.3 is 19.9 Å². The van der Waals surface area contributed by atoms with E-state index in [1.165, 1.54) is 17.2 Å². The third-order valence-electron chi connectivity index (χ3n) is 5.56. The molecule has 3 heterocycles. The average Bonchev–Trinajstić information content (AvgIpc) is 3.36. The molecule has 0 spiro atoms. The summed E-state index contributed by atoms with van der Waals surface area (Å²) >= 11 is 0. The molecular formula is C22H30FN5O6. The number of carboxylic acids is 1. The van der Waals surface area contributed by atoms with Crippen LogP contribution in [0.4, 0.5) is 10.2 Å². The maximum atomic E-state index is 15.4. The second-order valence-electron chi connectivity index (χ2n) is 8.19. The number of halogens is 1.